The van der Waals surface area contributed by atoms with Crippen molar-refractivity contribution in [3.05, 3.63) is 53.6 Å². The SMILES string of the molecule is CCC(Cc1ccccc1-c1cccc2c1OCC2)C(=O)O. The van der Waals surface area contributed by atoms with Crippen LogP contribution in [0.2, 0.25) is 0 Å². The van der Waals surface area contributed by atoms with Crippen LogP contribution >= 0.6 is 0 Å². The van der Waals surface area contributed by atoms with Crippen molar-refractivity contribution in [2.45, 2.75) is 26.2 Å². The number of carboxylic acid groups (broad SMARTS) is 1. The third-order valence-electron chi connectivity index (χ3n) is 4.33. The monoisotopic (exact) mass is 296 g/mol. The summed E-state index contributed by atoms with van der Waals surface area (Å²) in [4.78, 5) is 11.3. The lowest BCUT2D eigenvalue weighted by Crippen LogP contribution is -2.15. The molecule has 1 atom stereocenters. The van der Waals surface area contributed by atoms with E-state index < -0.39 is 5.97 Å². The average molecular weight is 296 g/mol. The van der Waals surface area contributed by atoms with Gasteiger partial charge in [0.25, 0.3) is 0 Å². The van der Waals surface area contributed by atoms with E-state index in [0.717, 1.165) is 35.5 Å². The number of hydrogen-bond donors (Lipinski definition) is 1. The van der Waals surface area contributed by atoms with Gasteiger partial charge in [-0.1, -0.05) is 49.4 Å². The van der Waals surface area contributed by atoms with E-state index in [4.69, 9.17) is 4.74 Å². The molecule has 0 saturated carbocycles. The Balaban J connectivity index is 2.02. The van der Waals surface area contributed by atoms with Gasteiger partial charge >= 0.3 is 5.97 Å². The van der Waals surface area contributed by atoms with Crippen LogP contribution in [0.3, 0.4) is 0 Å². The summed E-state index contributed by atoms with van der Waals surface area (Å²) in [7, 11) is 0. The van der Waals surface area contributed by atoms with Gasteiger partial charge in [-0.25, -0.2) is 0 Å². The molecule has 1 N–H and O–H groups in total. The van der Waals surface area contributed by atoms with E-state index >= 15 is 0 Å². The molecule has 3 rings (SSSR count). The molecule has 0 aromatic heterocycles. The molecule has 114 valence electrons. The molecular weight excluding hydrogens is 276 g/mol. The maximum absolute atomic E-state index is 11.3. The highest BCUT2D eigenvalue weighted by Crippen LogP contribution is 2.38. The Morgan fingerprint density at radius 3 is 2.73 bits per heavy atom. The fourth-order valence-corrected chi connectivity index (χ4v) is 3.06. The quantitative estimate of drug-likeness (QED) is 0.909. The maximum Gasteiger partial charge on any atom is 0.306 e. The van der Waals surface area contributed by atoms with E-state index in [2.05, 4.69) is 18.2 Å². The Morgan fingerprint density at radius 1 is 1.18 bits per heavy atom. The van der Waals surface area contributed by atoms with Gasteiger partial charge in [-0.3, -0.25) is 4.79 Å². The van der Waals surface area contributed by atoms with Crippen LogP contribution in [0.5, 0.6) is 5.75 Å². The molecule has 1 aliphatic heterocycles. The molecule has 0 fully saturated rings. The Labute approximate surface area is 130 Å². The molecule has 0 saturated heterocycles. The summed E-state index contributed by atoms with van der Waals surface area (Å²) in [5, 5.41) is 9.33. The van der Waals surface area contributed by atoms with Crippen LogP contribution < -0.4 is 4.74 Å². The number of rotatable bonds is 5. The summed E-state index contributed by atoms with van der Waals surface area (Å²) < 4.78 is 5.80. The normalized spacial score (nSPS) is 14.2. The van der Waals surface area contributed by atoms with Gasteiger partial charge in [-0.05, 0) is 29.5 Å². The molecule has 0 spiro atoms. The molecule has 1 unspecified atom stereocenters. The summed E-state index contributed by atoms with van der Waals surface area (Å²) in [5.41, 5.74) is 4.46. The lowest BCUT2D eigenvalue weighted by Gasteiger charge is -2.15. The molecule has 3 nitrogen and oxygen atoms in total. The molecule has 0 bridgehead atoms. The number of carbonyl (C=O) groups is 1. The smallest absolute Gasteiger partial charge is 0.306 e. The minimum Gasteiger partial charge on any atom is -0.492 e. The minimum absolute atomic E-state index is 0.348. The fourth-order valence-electron chi connectivity index (χ4n) is 3.06. The standard InChI is InChI=1S/C19H20O3/c1-2-13(19(20)21)12-15-6-3-4-8-16(15)17-9-5-7-14-10-11-22-18(14)17/h3-9,13H,2,10-12H2,1H3,(H,20,21). The van der Waals surface area contributed by atoms with Crippen molar-refractivity contribution in [3.8, 4) is 16.9 Å². The highest BCUT2D eigenvalue weighted by atomic mass is 16.5. The number of benzene rings is 2. The second-order valence-electron chi connectivity index (χ2n) is 5.70. The molecule has 0 aliphatic carbocycles. The van der Waals surface area contributed by atoms with Gasteiger partial charge < -0.3 is 9.84 Å². The molecule has 2 aromatic carbocycles. The number of hydrogen-bond acceptors (Lipinski definition) is 2. The number of para-hydroxylation sites is 1. The van der Waals surface area contributed by atoms with Crippen LogP contribution in [0.4, 0.5) is 0 Å². The predicted octanol–water partition coefficient (Wildman–Crippen LogP) is 3.94. The highest BCUT2D eigenvalue weighted by molar-refractivity contribution is 5.77. The second kappa shape index (κ2) is 6.22. The van der Waals surface area contributed by atoms with E-state index in [0.29, 0.717) is 12.8 Å². The zero-order chi connectivity index (χ0) is 15.5. The fraction of sp³-hybridized carbons (Fsp3) is 0.316. The van der Waals surface area contributed by atoms with Crippen molar-refractivity contribution in [2.75, 3.05) is 6.61 Å². The van der Waals surface area contributed by atoms with Gasteiger partial charge in [-0.2, -0.15) is 0 Å². The van der Waals surface area contributed by atoms with Crippen molar-refractivity contribution >= 4 is 5.97 Å². The summed E-state index contributed by atoms with van der Waals surface area (Å²) in [6, 6.07) is 14.3. The third-order valence-corrected chi connectivity index (χ3v) is 4.33. The largest absolute Gasteiger partial charge is 0.492 e. The van der Waals surface area contributed by atoms with E-state index in [9.17, 15) is 9.90 Å². The Morgan fingerprint density at radius 2 is 1.95 bits per heavy atom. The van der Waals surface area contributed by atoms with Crippen molar-refractivity contribution in [3.63, 3.8) is 0 Å². The van der Waals surface area contributed by atoms with Crippen molar-refractivity contribution in [1.82, 2.24) is 0 Å². The Bertz CT molecular complexity index is 691. The first-order chi connectivity index (χ1) is 10.7. The maximum atomic E-state index is 11.3. The summed E-state index contributed by atoms with van der Waals surface area (Å²) in [6.07, 6.45) is 2.12. The molecule has 0 radical (unpaired) electrons. The molecule has 22 heavy (non-hydrogen) atoms. The van der Waals surface area contributed by atoms with Gasteiger partial charge in [0.2, 0.25) is 0 Å². The van der Waals surface area contributed by atoms with Gasteiger partial charge in [0.15, 0.2) is 0 Å². The van der Waals surface area contributed by atoms with E-state index in [1.165, 1.54) is 5.56 Å². The zero-order valence-corrected chi connectivity index (χ0v) is 12.7. The van der Waals surface area contributed by atoms with Gasteiger partial charge in [0, 0.05) is 12.0 Å². The van der Waals surface area contributed by atoms with Crippen molar-refractivity contribution in [2.24, 2.45) is 5.92 Å². The van der Waals surface area contributed by atoms with E-state index in [1.54, 1.807) is 0 Å². The molecule has 0 amide bonds. The topological polar surface area (TPSA) is 46.5 Å². The van der Waals surface area contributed by atoms with E-state index in [1.807, 2.05) is 31.2 Å². The van der Waals surface area contributed by atoms with Crippen molar-refractivity contribution in [1.29, 1.82) is 0 Å². The first-order valence-corrected chi connectivity index (χ1v) is 7.76. The van der Waals surface area contributed by atoms with Crippen LogP contribution in [0.1, 0.15) is 24.5 Å². The van der Waals surface area contributed by atoms with Crippen LogP contribution in [0.15, 0.2) is 42.5 Å². The van der Waals surface area contributed by atoms with Crippen LogP contribution in [-0.4, -0.2) is 17.7 Å². The average Bonchev–Trinajstić information content (AvgIpc) is 3.01. The number of fused-ring (bicyclic) bond motifs is 1. The molecule has 3 heteroatoms. The number of aliphatic carboxylic acids is 1. The molecule has 2 aromatic rings. The molecule has 1 aliphatic rings. The third kappa shape index (κ3) is 2.71. The predicted molar refractivity (Wildman–Crippen MR) is 86.2 cm³/mol. The lowest BCUT2D eigenvalue weighted by atomic mass is 9.90. The van der Waals surface area contributed by atoms with Crippen LogP contribution in [0.25, 0.3) is 11.1 Å². The van der Waals surface area contributed by atoms with Gasteiger partial charge in [0.05, 0.1) is 12.5 Å². The van der Waals surface area contributed by atoms with Gasteiger partial charge in [0.1, 0.15) is 5.75 Å². The van der Waals surface area contributed by atoms with Gasteiger partial charge in [-0.15, -0.1) is 0 Å². The zero-order valence-electron chi connectivity index (χ0n) is 12.7. The minimum atomic E-state index is -0.730. The summed E-state index contributed by atoms with van der Waals surface area (Å²) in [5.74, 6) is -0.121. The highest BCUT2D eigenvalue weighted by Gasteiger charge is 2.21. The van der Waals surface area contributed by atoms with Crippen molar-refractivity contribution < 1.29 is 14.6 Å². The first kappa shape index (κ1) is 14.6. The molecule has 1 heterocycles. The summed E-state index contributed by atoms with van der Waals surface area (Å²) >= 11 is 0. The Hall–Kier alpha value is -2.29. The molecular formula is C19H20O3. The van der Waals surface area contributed by atoms with Crippen LogP contribution in [0, 0.1) is 5.92 Å². The van der Waals surface area contributed by atoms with Crippen LogP contribution in [-0.2, 0) is 17.6 Å². The summed E-state index contributed by atoms with van der Waals surface area (Å²) in [6.45, 7) is 2.64. The number of carboxylic acids is 1. The first-order valence-electron chi connectivity index (χ1n) is 7.76. The number of ether oxygens (including phenoxy) is 1. The second-order valence-corrected chi connectivity index (χ2v) is 5.70. The Kier molecular flexibility index (Phi) is 4.14. The van der Waals surface area contributed by atoms with E-state index in [-0.39, 0.29) is 5.92 Å². The lowest BCUT2D eigenvalue weighted by molar-refractivity contribution is -0.141.